The van der Waals surface area contributed by atoms with Crippen LogP contribution in [0.15, 0.2) is 15.8 Å². The van der Waals surface area contributed by atoms with Gasteiger partial charge in [-0.2, -0.15) is 0 Å². The van der Waals surface area contributed by atoms with Gasteiger partial charge < -0.3 is 15.3 Å². The van der Waals surface area contributed by atoms with Crippen LogP contribution in [-0.4, -0.2) is 48.9 Å². The van der Waals surface area contributed by atoms with Crippen LogP contribution in [0.25, 0.3) is 0 Å². The van der Waals surface area contributed by atoms with E-state index in [1.807, 2.05) is 0 Å². The Hall–Kier alpha value is -0.360. The Morgan fingerprint density at radius 2 is 2.06 bits per heavy atom. The lowest BCUT2D eigenvalue weighted by Crippen LogP contribution is -2.38. The van der Waals surface area contributed by atoms with Crippen LogP contribution in [0.1, 0.15) is 5.37 Å². The van der Waals surface area contributed by atoms with E-state index in [-0.39, 0.29) is 6.61 Å². The number of aliphatic hydroxyl groups excluding tert-OH is 3. The molecule has 1 aromatic rings. The van der Waals surface area contributed by atoms with Crippen molar-refractivity contribution in [1.29, 1.82) is 0 Å². The van der Waals surface area contributed by atoms with Crippen molar-refractivity contribution in [3.63, 3.8) is 0 Å². The van der Waals surface area contributed by atoms with Gasteiger partial charge in [0.1, 0.15) is 11.5 Å². The predicted octanol–water partition coefficient (Wildman–Crippen LogP) is -1.53. The number of hydrogen-bond donors (Lipinski definition) is 4. The zero-order chi connectivity index (χ0) is 13.4. The molecule has 7 nitrogen and oxygen atoms in total. The minimum atomic E-state index is -1.17. The molecule has 9 heteroatoms. The van der Waals surface area contributed by atoms with E-state index >= 15 is 0 Å². The topological polar surface area (TPSA) is 116 Å². The van der Waals surface area contributed by atoms with E-state index in [9.17, 15) is 19.8 Å². The fraction of sp³-hybridized carbons (Fsp3) is 0.556. The summed E-state index contributed by atoms with van der Waals surface area (Å²) < 4.78 is 1.47. The van der Waals surface area contributed by atoms with Crippen molar-refractivity contribution in [2.24, 2.45) is 0 Å². The predicted molar refractivity (Wildman–Crippen MR) is 73.6 cm³/mol. The lowest BCUT2D eigenvalue weighted by molar-refractivity contribution is 0.0101. The number of aliphatic hydroxyl groups is 3. The molecule has 2 heterocycles. The van der Waals surface area contributed by atoms with Crippen molar-refractivity contribution in [1.82, 2.24) is 9.55 Å². The Kier molecular flexibility index (Phi) is 4.16. The van der Waals surface area contributed by atoms with Gasteiger partial charge in [0.05, 0.1) is 21.5 Å². The second kappa shape index (κ2) is 5.33. The normalized spacial score (nSPS) is 31.8. The summed E-state index contributed by atoms with van der Waals surface area (Å²) in [6, 6.07) is 0. The molecule has 1 fully saturated rings. The summed E-state index contributed by atoms with van der Waals surface area (Å²) in [7, 11) is 0. The molecule has 0 spiro atoms. The number of nitrogens with one attached hydrogen (secondary N) is 1. The molecule has 1 aliphatic rings. The smallest absolute Gasteiger partial charge is 0.329 e. The van der Waals surface area contributed by atoms with Gasteiger partial charge in [-0.3, -0.25) is 14.3 Å². The number of H-pyrrole nitrogens is 1. The average Bonchev–Trinajstić information content (AvgIpc) is 2.61. The highest BCUT2D eigenvalue weighted by Crippen LogP contribution is 2.40. The van der Waals surface area contributed by atoms with Crippen LogP contribution in [0.2, 0.25) is 0 Å². The van der Waals surface area contributed by atoms with Gasteiger partial charge in [-0.25, -0.2) is 4.79 Å². The number of halogens is 1. The first-order valence-corrected chi connectivity index (χ1v) is 7.11. The molecule has 0 amide bonds. The Bertz CT molecular complexity index is 559. The lowest BCUT2D eigenvalue weighted by Gasteiger charge is -2.17. The molecule has 4 N–H and O–H groups in total. The van der Waals surface area contributed by atoms with Crippen molar-refractivity contribution >= 4 is 34.4 Å². The van der Waals surface area contributed by atoms with Crippen molar-refractivity contribution < 1.29 is 15.3 Å². The Labute approximate surface area is 119 Å². The summed E-state index contributed by atoms with van der Waals surface area (Å²) in [6.45, 7) is -0.297. The molecule has 0 aliphatic carbocycles. The molecule has 1 aromatic heterocycles. The monoisotopic (exact) mass is 386 g/mol. The number of nitrogens with zero attached hydrogens (tertiary/aromatic N) is 1. The molecular weight excluding hydrogens is 375 g/mol. The van der Waals surface area contributed by atoms with Gasteiger partial charge in [0, 0.05) is 6.20 Å². The van der Waals surface area contributed by atoms with E-state index in [0.29, 0.717) is 3.57 Å². The first kappa shape index (κ1) is 14.1. The largest absolute Gasteiger partial charge is 0.395 e. The first-order valence-electron chi connectivity index (χ1n) is 5.09. The summed E-state index contributed by atoms with van der Waals surface area (Å²) in [5, 5.41) is 27.3. The summed E-state index contributed by atoms with van der Waals surface area (Å²) in [6.07, 6.45) is -0.956. The highest BCUT2D eigenvalue weighted by atomic mass is 127. The van der Waals surface area contributed by atoms with Crippen molar-refractivity contribution in [2.45, 2.75) is 22.8 Å². The molecular formula is C9H11IN2O5S. The number of hydrogen-bond acceptors (Lipinski definition) is 6. The summed E-state index contributed by atoms with van der Waals surface area (Å²) in [4.78, 5) is 25.0. The fourth-order valence-electron chi connectivity index (χ4n) is 1.76. The maximum absolute atomic E-state index is 11.7. The van der Waals surface area contributed by atoms with Crippen molar-refractivity contribution in [3.05, 3.63) is 30.6 Å². The van der Waals surface area contributed by atoms with E-state index < -0.39 is 34.1 Å². The maximum Gasteiger partial charge on any atom is 0.329 e. The highest BCUT2D eigenvalue weighted by Gasteiger charge is 2.43. The molecule has 0 bridgehead atoms. The van der Waals surface area contributed by atoms with E-state index in [4.69, 9.17) is 5.11 Å². The van der Waals surface area contributed by atoms with Gasteiger partial charge >= 0.3 is 5.69 Å². The summed E-state index contributed by atoms with van der Waals surface area (Å²) in [5.41, 5.74) is -1.14. The Balaban J connectivity index is 2.42. The molecule has 0 unspecified atom stereocenters. The Morgan fingerprint density at radius 3 is 2.61 bits per heavy atom. The minimum absolute atomic E-state index is 0.297. The third-order valence-electron chi connectivity index (χ3n) is 2.72. The van der Waals surface area contributed by atoms with Gasteiger partial charge in [-0.1, -0.05) is 0 Å². The van der Waals surface area contributed by atoms with Crippen LogP contribution in [-0.2, 0) is 0 Å². The van der Waals surface area contributed by atoms with Crippen LogP contribution in [0.5, 0.6) is 0 Å². The van der Waals surface area contributed by atoms with Crippen LogP contribution < -0.4 is 11.2 Å². The third-order valence-corrected chi connectivity index (χ3v) is 5.05. The summed E-state index contributed by atoms with van der Waals surface area (Å²) in [5.74, 6) is 0. The van der Waals surface area contributed by atoms with Gasteiger partial charge in [0.25, 0.3) is 5.56 Å². The van der Waals surface area contributed by atoms with E-state index in [2.05, 4.69) is 4.98 Å². The molecule has 18 heavy (non-hydrogen) atoms. The van der Waals surface area contributed by atoms with E-state index in [1.54, 1.807) is 22.6 Å². The fourth-order valence-corrected chi connectivity index (χ4v) is 3.57. The molecule has 0 saturated carbocycles. The van der Waals surface area contributed by atoms with Gasteiger partial charge in [-0.15, -0.1) is 11.8 Å². The van der Waals surface area contributed by atoms with E-state index in [0.717, 1.165) is 16.3 Å². The molecule has 4 atom stereocenters. The molecule has 2 rings (SSSR count). The third kappa shape index (κ3) is 2.37. The van der Waals surface area contributed by atoms with Crippen LogP contribution in [0.3, 0.4) is 0 Å². The minimum Gasteiger partial charge on any atom is -0.395 e. The number of rotatable bonds is 2. The van der Waals surface area contributed by atoms with Crippen LogP contribution in [0.4, 0.5) is 0 Å². The molecule has 1 saturated heterocycles. The Morgan fingerprint density at radius 1 is 1.39 bits per heavy atom. The molecule has 0 aromatic carbocycles. The van der Waals surface area contributed by atoms with E-state index in [1.165, 1.54) is 6.20 Å². The summed E-state index contributed by atoms with van der Waals surface area (Å²) >= 11 is 2.87. The zero-order valence-electron chi connectivity index (χ0n) is 8.99. The highest BCUT2D eigenvalue weighted by molar-refractivity contribution is 14.1. The number of thioether (sulfide) groups is 1. The SMILES string of the molecule is O=c1[nH]c(=O)n([C@H]2S[C@H](CO)[C@@H](O)[C@H]2O)cc1I. The average molecular weight is 386 g/mol. The number of aromatic nitrogens is 2. The second-order valence-corrected chi connectivity index (χ2v) is 6.40. The number of aromatic amines is 1. The standard InChI is InChI=1S/C9H11IN2O5S/c10-3-1-12(9(17)11-7(3)16)8-6(15)5(14)4(2-13)18-8/h1,4-6,8,13-15H,2H2,(H,11,16,17)/t4-,5-,6-,8+/m1/s1. The second-order valence-electron chi connectivity index (χ2n) is 3.87. The van der Waals surface area contributed by atoms with Crippen LogP contribution >= 0.6 is 34.4 Å². The van der Waals surface area contributed by atoms with Gasteiger partial charge in [0.15, 0.2) is 0 Å². The van der Waals surface area contributed by atoms with Crippen molar-refractivity contribution in [2.75, 3.05) is 6.61 Å². The quantitative estimate of drug-likeness (QED) is 0.459. The lowest BCUT2D eigenvalue weighted by atomic mass is 10.1. The molecule has 100 valence electrons. The first-order chi connectivity index (χ1) is 8.45. The van der Waals surface area contributed by atoms with Gasteiger partial charge in [0.2, 0.25) is 0 Å². The zero-order valence-corrected chi connectivity index (χ0v) is 12.0. The molecule has 1 aliphatic heterocycles. The van der Waals surface area contributed by atoms with Gasteiger partial charge in [-0.05, 0) is 22.6 Å². The maximum atomic E-state index is 11.7. The van der Waals surface area contributed by atoms with Crippen LogP contribution in [0, 0.1) is 3.57 Å². The van der Waals surface area contributed by atoms with Crippen molar-refractivity contribution in [3.8, 4) is 0 Å². The molecule has 0 radical (unpaired) electrons.